The number of rotatable bonds is 3. The molecule has 0 aliphatic heterocycles. The van der Waals surface area contributed by atoms with Gasteiger partial charge in [-0.05, 0) is 19.3 Å². The minimum absolute atomic E-state index is 0.137. The van der Waals surface area contributed by atoms with Gasteiger partial charge in [-0.25, -0.2) is 9.78 Å². The Balaban J connectivity index is 1.78. The summed E-state index contributed by atoms with van der Waals surface area (Å²) in [6.45, 7) is 4.27. The highest BCUT2D eigenvalue weighted by atomic mass is 16.4. The zero-order valence-corrected chi connectivity index (χ0v) is 10.1. The molecule has 3 aliphatic carbocycles. The van der Waals surface area contributed by atoms with Crippen LogP contribution in [0.15, 0.2) is 12.4 Å². The number of nitrogens with zero attached hydrogens (tertiary/aromatic N) is 2. The fraction of sp³-hybridized carbons (Fsp3) is 0.667. The minimum Gasteiger partial charge on any atom is -0.465 e. The van der Waals surface area contributed by atoms with Gasteiger partial charge in [-0.3, -0.25) is 0 Å². The summed E-state index contributed by atoms with van der Waals surface area (Å²) in [6, 6.07) is 0. The van der Waals surface area contributed by atoms with Crippen molar-refractivity contribution < 1.29 is 9.90 Å². The van der Waals surface area contributed by atoms with E-state index < -0.39 is 6.09 Å². The van der Waals surface area contributed by atoms with Gasteiger partial charge in [0.15, 0.2) is 0 Å². The van der Waals surface area contributed by atoms with Crippen LogP contribution < -0.4 is 5.32 Å². The molecule has 1 aromatic rings. The zero-order chi connectivity index (χ0) is 12.3. The number of carbonyl (C=O) groups is 1. The van der Waals surface area contributed by atoms with Crippen molar-refractivity contribution in [3.8, 4) is 0 Å². The van der Waals surface area contributed by atoms with Crippen molar-refractivity contribution in [1.29, 1.82) is 0 Å². The van der Waals surface area contributed by atoms with Crippen LogP contribution in [0.2, 0.25) is 0 Å². The predicted molar refractivity (Wildman–Crippen MR) is 62.0 cm³/mol. The number of hydrogen-bond donors (Lipinski definition) is 2. The third kappa shape index (κ3) is 1.31. The first-order chi connectivity index (χ1) is 7.96. The lowest BCUT2D eigenvalue weighted by Gasteiger charge is -2.70. The highest BCUT2D eigenvalue weighted by molar-refractivity contribution is 5.67. The smallest absolute Gasteiger partial charge is 0.405 e. The Bertz CT molecular complexity index is 458. The number of nitrogens with one attached hydrogen (secondary N) is 1. The molecule has 0 radical (unpaired) electrons. The highest BCUT2D eigenvalue weighted by Gasteiger charge is 2.70. The van der Waals surface area contributed by atoms with E-state index in [-0.39, 0.29) is 11.1 Å². The number of carboxylic acid groups (broad SMARTS) is 1. The topological polar surface area (TPSA) is 67.2 Å². The van der Waals surface area contributed by atoms with Gasteiger partial charge in [0, 0.05) is 18.3 Å². The summed E-state index contributed by atoms with van der Waals surface area (Å²) in [5.41, 5.74) is -0.0110. The van der Waals surface area contributed by atoms with E-state index in [4.69, 9.17) is 5.11 Å². The molecule has 3 fully saturated rings. The molecule has 5 nitrogen and oxygen atoms in total. The van der Waals surface area contributed by atoms with Crippen molar-refractivity contribution in [1.82, 2.24) is 14.9 Å². The maximum Gasteiger partial charge on any atom is 0.405 e. The van der Waals surface area contributed by atoms with Crippen LogP contribution in [0.25, 0.3) is 0 Å². The summed E-state index contributed by atoms with van der Waals surface area (Å²) in [6.07, 6.45) is 5.67. The average Bonchev–Trinajstić information content (AvgIpc) is 2.56. The largest absolute Gasteiger partial charge is 0.465 e. The van der Waals surface area contributed by atoms with E-state index in [1.807, 2.05) is 12.4 Å². The van der Waals surface area contributed by atoms with Crippen LogP contribution in [-0.4, -0.2) is 26.3 Å². The fourth-order valence-corrected chi connectivity index (χ4v) is 3.49. The zero-order valence-electron chi connectivity index (χ0n) is 10.1. The molecule has 1 aromatic heterocycles. The van der Waals surface area contributed by atoms with Crippen LogP contribution in [0.5, 0.6) is 0 Å². The summed E-state index contributed by atoms with van der Waals surface area (Å²) in [4.78, 5) is 15.1. The van der Waals surface area contributed by atoms with Crippen molar-refractivity contribution in [3.05, 3.63) is 18.2 Å². The molecule has 2 N–H and O–H groups in total. The van der Waals surface area contributed by atoms with Crippen LogP contribution >= 0.6 is 0 Å². The van der Waals surface area contributed by atoms with Crippen LogP contribution in [0.1, 0.15) is 44.9 Å². The van der Waals surface area contributed by atoms with E-state index in [0.29, 0.717) is 5.92 Å². The molecular formula is C12H17N3O2. The first-order valence-electron chi connectivity index (χ1n) is 6.01. The quantitative estimate of drug-likeness (QED) is 0.840. The van der Waals surface area contributed by atoms with Gasteiger partial charge in [0.1, 0.15) is 5.82 Å². The van der Waals surface area contributed by atoms with Crippen molar-refractivity contribution in [2.24, 2.45) is 0 Å². The molecule has 0 spiro atoms. The van der Waals surface area contributed by atoms with E-state index >= 15 is 0 Å². The molecule has 4 rings (SSSR count). The van der Waals surface area contributed by atoms with Crippen molar-refractivity contribution >= 4 is 6.09 Å². The lowest BCUT2D eigenvalue weighted by atomic mass is 9.44. The first-order valence-corrected chi connectivity index (χ1v) is 6.01. The van der Waals surface area contributed by atoms with Gasteiger partial charge in [-0.2, -0.15) is 0 Å². The van der Waals surface area contributed by atoms with Crippen LogP contribution in [0, 0.1) is 0 Å². The summed E-state index contributed by atoms with van der Waals surface area (Å²) >= 11 is 0. The molecule has 0 aromatic carbocycles. The molecule has 3 aliphatic rings. The Labute approximate surface area is 99.8 Å². The second-order valence-electron chi connectivity index (χ2n) is 5.78. The summed E-state index contributed by atoms with van der Waals surface area (Å²) in [7, 11) is 0. The molecule has 17 heavy (non-hydrogen) atoms. The molecule has 0 atom stereocenters. The van der Waals surface area contributed by atoms with Crippen LogP contribution in [0.4, 0.5) is 4.79 Å². The van der Waals surface area contributed by atoms with Crippen LogP contribution in [0.3, 0.4) is 0 Å². The highest BCUT2D eigenvalue weighted by Crippen LogP contribution is 2.65. The number of hydrogen-bond acceptors (Lipinski definition) is 2. The lowest BCUT2D eigenvalue weighted by molar-refractivity contribution is -0.134. The molecule has 1 heterocycles. The Morgan fingerprint density at radius 2 is 2.18 bits per heavy atom. The van der Waals surface area contributed by atoms with Gasteiger partial charge in [-0.1, -0.05) is 13.8 Å². The molecule has 5 heteroatoms. The van der Waals surface area contributed by atoms with E-state index in [1.165, 1.54) is 0 Å². The van der Waals surface area contributed by atoms with Crippen molar-refractivity contribution in [2.75, 3.05) is 0 Å². The summed E-state index contributed by atoms with van der Waals surface area (Å²) in [5.74, 6) is 1.51. The normalized spacial score (nSPS) is 34.1. The van der Waals surface area contributed by atoms with Gasteiger partial charge in [-0.15, -0.1) is 0 Å². The van der Waals surface area contributed by atoms with Gasteiger partial charge in [0.2, 0.25) is 0 Å². The van der Waals surface area contributed by atoms with Crippen molar-refractivity contribution in [2.45, 2.75) is 50.1 Å². The average molecular weight is 235 g/mol. The Hall–Kier alpha value is -1.52. The monoisotopic (exact) mass is 235 g/mol. The van der Waals surface area contributed by atoms with E-state index in [2.05, 4.69) is 28.7 Å². The maximum atomic E-state index is 10.7. The van der Waals surface area contributed by atoms with Gasteiger partial charge in [0.25, 0.3) is 0 Å². The molecule has 1 amide bonds. The SMILES string of the molecule is CC(C)c1nccn1C12CC(NC(=O)O)(C1)C2. The number of imidazole rings is 1. The second kappa shape index (κ2) is 3.03. The van der Waals surface area contributed by atoms with Gasteiger partial charge in [0.05, 0.1) is 11.1 Å². The van der Waals surface area contributed by atoms with E-state index in [1.54, 1.807) is 0 Å². The molecule has 0 unspecified atom stereocenters. The third-order valence-corrected chi connectivity index (χ3v) is 4.07. The first kappa shape index (κ1) is 10.6. The summed E-state index contributed by atoms with van der Waals surface area (Å²) < 4.78 is 2.25. The maximum absolute atomic E-state index is 10.7. The van der Waals surface area contributed by atoms with E-state index in [0.717, 1.165) is 25.1 Å². The Morgan fingerprint density at radius 3 is 2.71 bits per heavy atom. The fourth-order valence-electron chi connectivity index (χ4n) is 3.49. The molecule has 92 valence electrons. The Kier molecular flexibility index (Phi) is 1.89. The second-order valence-corrected chi connectivity index (χ2v) is 5.78. The number of aromatic nitrogens is 2. The molecule has 3 saturated carbocycles. The lowest BCUT2D eigenvalue weighted by Crippen LogP contribution is -2.78. The Morgan fingerprint density at radius 1 is 1.53 bits per heavy atom. The van der Waals surface area contributed by atoms with Gasteiger partial charge >= 0.3 is 6.09 Å². The number of amides is 1. The van der Waals surface area contributed by atoms with Crippen LogP contribution in [-0.2, 0) is 5.54 Å². The summed E-state index contributed by atoms with van der Waals surface area (Å²) in [5, 5.41) is 11.4. The van der Waals surface area contributed by atoms with Gasteiger partial charge < -0.3 is 15.0 Å². The predicted octanol–water partition coefficient (Wildman–Crippen LogP) is 1.91. The molecule has 2 bridgehead atoms. The standard InChI is InChI=1S/C12H17N3O2/c1-8(2)9-13-3-4-15(9)12-5-11(6-12,7-12)14-10(16)17/h3-4,8,14H,5-7H2,1-2H3,(H,16,17). The molecular weight excluding hydrogens is 218 g/mol. The van der Waals surface area contributed by atoms with Crippen molar-refractivity contribution in [3.63, 3.8) is 0 Å². The van der Waals surface area contributed by atoms with E-state index in [9.17, 15) is 4.79 Å². The molecule has 0 saturated heterocycles. The third-order valence-electron chi connectivity index (χ3n) is 4.07. The minimum atomic E-state index is -0.909.